The van der Waals surface area contributed by atoms with Gasteiger partial charge >= 0.3 is 0 Å². The summed E-state index contributed by atoms with van der Waals surface area (Å²) in [5.74, 6) is 0.271. The summed E-state index contributed by atoms with van der Waals surface area (Å²) in [5.41, 5.74) is 0. The van der Waals surface area contributed by atoms with Crippen molar-refractivity contribution in [3.8, 4) is 0 Å². The summed E-state index contributed by atoms with van der Waals surface area (Å²) >= 11 is 0. The standard InChI is InChI=1S/3C8H16O2.C4H10O.Zr/c3*1-3-5-8(10)7(4-2)6-9;1-2-3-4-5;/h3*7,9H,3-6H2,1-2H3;5H,2-4H2,1H3;. The van der Waals surface area contributed by atoms with E-state index in [1.165, 1.54) is 0 Å². The van der Waals surface area contributed by atoms with Crippen molar-refractivity contribution in [1.82, 2.24) is 0 Å². The van der Waals surface area contributed by atoms with E-state index in [0.717, 1.165) is 51.4 Å². The molecule has 0 aliphatic heterocycles. The third-order valence-electron chi connectivity index (χ3n) is 5.51. The maximum Gasteiger partial charge on any atom is 0.138 e. The third kappa shape index (κ3) is 30.0. The van der Waals surface area contributed by atoms with Crippen LogP contribution in [-0.2, 0) is 40.6 Å². The van der Waals surface area contributed by atoms with E-state index in [2.05, 4.69) is 6.92 Å². The van der Waals surface area contributed by atoms with Crippen molar-refractivity contribution in [3.05, 3.63) is 0 Å². The molecule has 0 saturated carbocycles. The van der Waals surface area contributed by atoms with Gasteiger partial charge in [-0.05, 0) is 44.9 Å². The predicted octanol–water partition coefficient (Wildman–Crippen LogP) is 4.90. The number of ketones is 3. The topological polar surface area (TPSA) is 132 Å². The van der Waals surface area contributed by atoms with Gasteiger partial charge in [-0.1, -0.05) is 54.9 Å². The molecule has 0 aromatic rings. The summed E-state index contributed by atoms with van der Waals surface area (Å²) in [4.78, 5) is 33.1. The van der Waals surface area contributed by atoms with Gasteiger partial charge in [0, 0.05) is 69.8 Å². The van der Waals surface area contributed by atoms with Crippen molar-refractivity contribution < 1.29 is 61.0 Å². The Bertz CT molecular complexity index is 397. The van der Waals surface area contributed by atoms with Crippen molar-refractivity contribution >= 4 is 17.3 Å². The molecular formula is C28H58O7Zr. The molecule has 0 aromatic carbocycles. The van der Waals surface area contributed by atoms with Crippen LogP contribution >= 0.6 is 0 Å². The molecule has 0 amide bonds. The summed E-state index contributed by atoms with van der Waals surface area (Å²) in [5, 5.41) is 34.2. The monoisotopic (exact) mass is 596 g/mol. The molecule has 3 atom stereocenters. The van der Waals surface area contributed by atoms with Gasteiger partial charge in [-0.15, -0.1) is 0 Å². The summed E-state index contributed by atoms with van der Waals surface area (Å²) in [6, 6.07) is 0. The molecule has 0 fully saturated rings. The smallest absolute Gasteiger partial charge is 0.138 e. The van der Waals surface area contributed by atoms with Crippen molar-refractivity contribution in [2.45, 2.75) is 119 Å². The van der Waals surface area contributed by atoms with Gasteiger partial charge < -0.3 is 20.4 Å². The molecule has 36 heavy (non-hydrogen) atoms. The molecule has 8 heteroatoms. The third-order valence-corrected chi connectivity index (χ3v) is 5.51. The number of hydrogen-bond donors (Lipinski definition) is 4. The summed E-state index contributed by atoms with van der Waals surface area (Å²) in [7, 11) is 0. The van der Waals surface area contributed by atoms with Gasteiger partial charge in [0.25, 0.3) is 0 Å². The van der Waals surface area contributed by atoms with E-state index in [-0.39, 0.29) is 81.1 Å². The zero-order chi connectivity index (χ0) is 28.1. The van der Waals surface area contributed by atoms with E-state index in [1.54, 1.807) is 0 Å². The number of carbonyl (C=O) groups excluding carboxylic acids is 3. The average molecular weight is 598 g/mol. The van der Waals surface area contributed by atoms with Gasteiger partial charge in [-0.25, -0.2) is 0 Å². The van der Waals surface area contributed by atoms with Crippen molar-refractivity contribution in [1.29, 1.82) is 0 Å². The maximum absolute atomic E-state index is 11.0. The Hall–Kier alpha value is -0.267. The van der Waals surface area contributed by atoms with Gasteiger partial charge in [0.15, 0.2) is 0 Å². The number of rotatable bonds is 17. The van der Waals surface area contributed by atoms with Gasteiger partial charge in [0.05, 0.1) is 19.8 Å². The molecule has 0 aliphatic rings. The Balaban J connectivity index is -0.000000121. The van der Waals surface area contributed by atoms with Crippen LogP contribution in [-0.4, -0.2) is 64.2 Å². The number of Topliss-reactive ketones (excluding diaryl/α,β-unsaturated/α-hetero) is 3. The Labute approximate surface area is 241 Å². The van der Waals surface area contributed by atoms with Gasteiger partial charge in [-0.2, -0.15) is 0 Å². The molecular weight excluding hydrogens is 540 g/mol. The molecule has 0 spiro atoms. The molecule has 0 aromatic heterocycles. The Morgan fingerprint density at radius 2 is 0.750 bits per heavy atom. The fourth-order valence-electron chi connectivity index (χ4n) is 2.89. The summed E-state index contributed by atoms with van der Waals surface area (Å²) in [6.07, 6.45) is 8.80. The first kappa shape index (κ1) is 45.6. The van der Waals surface area contributed by atoms with E-state index in [4.69, 9.17) is 20.4 Å². The summed E-state index contributed by atoms with van der Waals surface area (Å²) in [6.45, 7) is 14.1. The van der Waals surface area contributed by atoms with Crippen LogP contribution in [0, 0.1) is 17.8 Å². The van der Waals surface area contributed by atoms with Crippen LogP contribution in [0.5, 0.6) is 0 Å². The molecule has 0 aliphatic carbocycles. The van der Waals surface area contributed by atoms with Crippen LogP contribution in [0.25, 0.3) is 0 Å². The van der Waals surface area contributed by atoms with E-state index in [1.807, 2.05) is 41.5 Å². The van der Waals surface area contributed by atoms with Gasteiger partial charge in [-0.3, -0.25) is 14.4 Å². The normalized spacial score (nSPS) is 12.1. The van der Waals surface area contributed by atoms with Gasteiger partial charge in [0.1, 0.15) is 17.3 Å². The molecule has 7 nitrogen and oxygen atoms in total. The Kier molecular flexibility index (Phi) is 46.8. The minimum Gasteiger partial charge on any atom is -0.396 e. The molecule has 4 N–H and O–H groups in total. The fourth-order valence-corrected chi connectivity index (χ4v) is 2.89. The number of carbonyl (C=O) groups is 3. The van der Waals surface area contributed by atoms with Crippen molar-refractivity contribution in [2.75, 3.05) is 26.4 Å². The minimum atomic E-state index is -0.111. The van der Waals surface area contributed by atoms with Crippen molar-refractivity contribution in [2.24, 2.45) is 17.8 Å². The predicted molar refractivity (Wildman–Crippen MR) is 144 cm³/mol. The SMILES string of the molecule is CCCC(=O)C(CC)CO.CCCC(=O)C(CC)CO.CCCC(=O)C(CC)CO.CCCCO.[Zr]. The molecule has 0 saturated heterocycles. The van der Waals surface area contributed by atoms with E-state index in [9.17, 15) is 14.4 Å². The second-order valence-corrected chi connectivity index (χ2v) is 8.59. The van der Waals surface area contributed by atoms with Crippen LogP contribution in [0.4, 0.5) is 0 Å². The first-order chi connectivity index (χ1) is 16.7. The summed E-state index contributed by atoms with van der Waals surface area (Å²) < 4.78 is 0. The van der Waals surface area contributed by atoms with Gasteiger partial charge in [0.2, 0.25) is 0 Å². The number of unbranched alkanes of at least 4 members (excludes halogenated alkanes) is 1. The zero-order valence-electron chi connectivity index (χ0n) is 24.4. The number of hydrogen-bond acceptors (Lipinski definition) is 7. The van der Waals surface area contributed by atoms with Crippen LogP contribution in [0.15, 0.2) is 0 Å². The second kappa shape index (κ2) is 36.9. The molecule has 0 rings (SSSR count). The molecule has 0 radical (unpaired) electrons. The van der Waals surface area contributed by atoms with E-state index < -0.39 is 0 Å². The number of aliphatic hydroxyl groups is 4. The van der Waals surface area contributed by atoms with E-state index in [0.29, 0.717) is 25.9 Å². The quantitative estimate of drug-likeness (QED) is 0.188. The van der Waals surface area contributed by atoms with Crippen LogP contribution in [0.2, 0.25) is 0 Å². The molecule has 3 unspecified atom stereocenters. The second-order valence-electron chi connectivity index (χ2n) is 8.59. The molecule has 0 bridgehead atoms. The minimum absolute atomic E-state index is 0. The maximum atomic E-state index is 11.0. The van der Waals surface area contributed by atoms with Crippen LogP contribution < -0.4 is 0 Å². The largest absolute Gasteiger partial charge is 0.396 e. The van der Waals surface area contributed by atoms with Crippen LogP contribution in [0.1, 0.15) is 119 Å². The Morgan fingerprint density at radius 1 is 0.500 bits per heavy atom. The fraction of sp³-hybridized carbons (Fsp3) is 0.893. The zero-order valence-corrected chi connectivity index (χ0v) is 26.8. The van der Waals surface area contributed by atoms with Crippen molar-refractivity contribution in [3.63, 3.8) is 0 Å². The molecule has 216 valence electrons. The average Bonchev–Trinajstić information content (AvgIpc) is 2.84. The van der Waals surface area contributed by atoms with Crippen LogP contribution in [0.3, 0.4) is 0 Å². The number of aliphatic hydroxyl groups excluding tert-OH is 4. The first-order valence-corrected chi connectivity index (χ1v) is 13.7. The van der Waals surface area contributed by atoms with E-state index >= 15 is 0 Å². The molecule has 0 heterocycles. The Morgan fingerprint density at radius 3 is 0.833 bits per heavy atom. The first-order valence-electron chi connectivity index (χ1n) is 13.7.